The Hall–Kier alpha value is -3.54. The number of methoxy groups -OCH3 is 1. The number of aromatic nitrogens is 1. The number of halogens is 1. The first kappa shape index (κ1) is 26.1. The number of hydrogen-bond acceptors (Lipinski definition) is 9. The van der Waals surface area contributed by atoms with Gasteiger partial charge in [-0.3, -0.25) is 15.0 Å². The van der Waals surface area contributed by atoms with Gasteiger partial charge in [-0.25, -0.2) is 14.2 Å². The maximum atomic E-state index is 14.2. The van der Waals surface area contributed by atoms with Crippen LogP contribution in [0, 0.1) is 17.1 Å². The van der Waals surface area contributed by atoms with Crippen molar-refractivity contribution in [3.63, 3.8) is 0 Å². The zero-order valence-corrected chi connectivity index (χ0v) is 20.4. The minimum absolute atomic E-state index is 0.0516. The van der Waals surface area contributed by atoms with Crippen molar-refractivity contribution in [2.45, 2.75) is 25.7 Å². The lowest BCUT2D eigenvalue weighted by atomic mass is 9.95. The molecule has 2 heterocycles. The van der Waals surface area contributed by atoms with Crippen LogP contribution in [-0.2, 0) is 14.3 Å². The number of thiazole rings is 1. The molecule has 2 aromatic rings. The van der Waals surface area contributed by atoms with Crippen LogP contribution >= 0.6 is 11.3 Å². The maximum Gasteiger partial charge on any atom is 0.355 e. The van der Waals surface area contributed by atoms with Crippen LogP contribution in [0.3, 0.4) is 0 Å². The molecule has 0 unspecified atom stereocenters. The van der Waals surface area contributed by atoms with E-state index in [0.717, 1.165) is 17.4 Å². The van der Waals surface area contributed by atoms with Gasteiger partial charge in [0.1, 0.15) is 10.7 Å². The van der Waals surface area contributed by atoms with Crippen molar-refractivity contribution in [1.82, 2.24) is 9.88 Å². The molecule has 188 valence electrons. The molecule has 1 saturated heterocycles. The molecule has 0 saturated carbocycles. The number of carbonyl (C=O) groups is 3. The van der Waals surface area contributed by atoms with Crippen LogP contribution in [0.25, 0.3) is 0 Å². The molecule has 3 rings (SSSR count). The monoisotopic (exact) mass is 505 g/mol. The summed E-state index contributed by atoms with van der Waals surface area (Å²) < 4.78 is 23.9. The minimum Gasteiger partial charge on any atom is -0.469 e. The smallest absolute Gasteiger partial charge is 0.355 e. The van der Waals surface area contributed by atoms with Gasteiger partial charge in [-0.05, 0) is 37.5 Å². The average molecular weight is 506 g/mol. The summed E-state index contributed by atoms with van der Waals surface area (Å²) in [6.45, 7) is 1.70. The summed E-state index contributed by atoms with van der Waals surface area (Å²) in [7, 11) is 3.08. The Morgan fingerprint density at radius 1 is 1.31 bits per heavy atom. The van der Waals surface area contributed by atoms with Gasteiger partial charge in [0.2, 0.25) is 5.91 Å². The quantitative estimate of drug-likeness (QED) is 0.229. The minimum atomic E-state index is -0.794. The van der Waals surface area contributed by atoms with E-state index in [1.165, 1.54) is 25.4 Å². The molecule has 10 nitrogen and oxygen atoms in total. The normalized spacial score (nSPS) is 13.9. The van der Waals surface area contributed by atoms with Gasteiger partial charge in [-0.1, -0.05) is 11.3 Å². The van der Waals surface area contributed by atoms with Gasteiger partial charge >= 0.3 is 11.9 Å². The molecule has 0 bridgehead atoms. The van der Waals surface area contributed by atoms with Gasteiger partial charge in [-0.2, -0.15) is 0 Å². The molecule has 1 aliphatic heterocycles. The number of nitrogens with one attached hydrogen (secondary N) is 1. The van der Waals surface area contributed by atoms with Gasteiger partial charge < -0.3 is 25.0 Å². The Morgan fingerprint density at radius 3 is 2.66 bits per heavy atom. The maximum absolute atomic E-state index is 14.2. The third kappa shape index (κ3) is 6.75. The number of amides is 1. The number of anilines is 1. The fraction of sp³-hybridized carbons (Fsp3) is 0.435. The summed E-state index contributed by atoms with van der Waals surface area (Å²) in [5.41, 5.74) is 5.52. The van der Waals surface area contributed by atoms with Crippen molar-refractivity contribution in [3.8, 4) is 5.75 Å². The number of rotatable bonds is 9. The fourth-order valence-electron chi connectivity index (χ4n) is 3.71. The summed E-state index contributed by atoms with van der Waals surface area (Å²) in [5, 5.41) is 7.97. The van der Waals surface area contributed by atoms with Crippen molar-refractivity contribution >= 4 is 40.1 Å². The van der Waals surface area contributed by atoms with Gasteiger partial charge in [-0.15, -0.1) is 0 Å². The molecular formula is C23H28FN5O5S. The first-order chi connectivity index (χ1) is 16.7. The summed E-state index contributed by atoms with van der Waals surface area (Å²) in [4.78, 5) is 44.6. The van der Waals surface area contributed by atoms with E-state index in [4.69, 9.17) is 15.9 Å². The van der Waals surface area contributed by atoms with Crippen molar-refractivity contribution in [2.24, 2.45) is 11.7 Å². The third-order valence-electron chi connectivity index (χ3n) is 5.73. The van der Waals surface area contributed by atoms with Crippen LogP contribution in [0.4, 0.5) is 9.52 Å². The Morgan fingerprint density at radius 2 is 2.03 bits per heavy atom. The van der Waals surface area contributed by atoms with Crippen LogP contribution < -0.4 is 15.4 Å². The van der Waals surface area contributed by atoms with Crippen molar-refractivity contribution < 1.29 is 28.2 Å². The number of hydrogen-bond donors (Lipinski definition) is 2. The molecule has 0 aliphatic carbocycles. The standard InChI is InChI=1S/C23H28FN5O5S/c1-28(9-3-4-19(30)33-2)21(31)14-7-10-29(11-8-14)23-27-13-18(35-23)22(32)34-17-6-5-15(20(25)26)12-16(17)24/h5-6,12-14H,3-4,7-11H2,1-2H3,(H3,25,26). The molecule has 0 atom stereocenters. The molecule has 0 radical (unpaired) electrons. The van der Waals surface area contributed by atoms with Crippen molar-refractivity contribution in [2.75, 3.05) is 38.7 Å². The van der Waals surface area contributed by atoms with E-state index >= 15 is 0 Å². The highest BCUT2D eigenvalue weighted by atomic mass is 32.1. The number of carbonyl (C=O) groups excluding carboxylic acids is 3. The van der Waals surface area contributed by atoms with Crippen LogP contribution in [0.2, 0.25) is 0 Å². The second-order valence-electron chi connectivity index (χ2n) is 8.16. The molecular weight excluding hydrogens is 477 g/mol. The Bertz CT molecular complexity index is 1100. The predicted molar refractivity (Wildman–Crippen MR) is 128 cm³/mol. The highest BCUT2D eigenvalue weighted by Gasteiger charge is 2.29. The van der Waals surface area contributed by atoms with E-state index in [-0.39, 0.29) is 46.2 Å². The van der Waals surface area contributed by atoms with E-state index in [2.05, 4.69) is 9.72 Å². The predicted octanol–water partition coefficient (Wildman–Crippen LogP) is 2.41. The Kier molecular flexibility index (Phi) is 8.74. The first-order valence-corrected chi connectivity index (χ1v) is 11.9. The topological polar surface area (TPSA) is 139 Å². The number of amidine groups is 1. The second-order valence-corrected chi connectivity index (χ2v) is 9.17. The van der Waals surface area contributed by atoms with Crippen LogP contribution in [0.5, 0.6) is 5.75 Å². The summed E-state index contributed by atoms with van der Waals surface area (Å²) >= 11 is 1.14. The summed E-state index contributed by atoms with van der Waals surface area (Å²) in [6, 6.07) is 3.68. The Labute approximate surface area is 206 Å². The lowest BCUT2D eigenvalue weighted by Crippen LogP contribution is -2.41. The number of nitrogen functional groups attached to an aromatic ring is 1. The van der Waals surface area contributed by atoms with Crippen LogP contribution in [-0.4, -0.2) is 67.4 Å². The SMILES string of the molecule is COC(=O)CCCN(C)C(=O)C1CCN(c2ncc(C(=O)Oc3ccc(C(=N)N)cc3F)s2)CC1. The largest absolute Gasteiger partial charge is 0.469 e. The van der Waals surface area contributed by atoms with E-state index in [0.29, 0.717) is 44.0 Å². The molecule has 35 heavy (non-hydrogen) atoms. The number of ether oxygens (including phenoxy) is 2. The molecule has 3 N–H and O–H groups in total. The van der Waals surface area contributed by atoms with Crippen LogP contribution in [0.1, 0.15) is 40.9 Å². The highest BCUT2D eigenvalue weighted by molar-refractivity contribution is 7.17. The van der Waals surface area contributed by atoms with Crippen molar-refractivity contribution in [1.29, 1.82) is 5.41 Å². The number of esters is 2. The van der Waals surface area contributed by atoms with Gasteiger partial charge in [0.25, 0.3) is 0 Å². The van der Waals surface area contributed by atoms with Crippen LogP contribution in [0.15, 0.2) is 24.4 Å². The number of nitrogens with two attached hydrogens (primary N) is 1. The van der Waals surface area contributed by atoms with Gasteiger partial charge in [0.05, 0.1) is 13.3 Å². The first-order valence-electron chi connectivity index (χ1n) is 11.1. The van der Waals surface area contributed by atoms with Gasteiger partial charge in [0.15, 0.2) is 16.7 Å². The lowest BCUT2D eigenvalue weighted by molar-refractivity contribution is -0.141. The summed E-state index contributed by atoms with van der Waals surface area (Å²) in [5.74, 6) is -2.42. The van der Waals surface area contributed by atoms with E-state index < -0.39 is 11.8 Å². The second kappa shape index (κ2) is 11.7. The summed E-state index contributed by atoms with van der Waals surface area (Å²) in [6.07, 6.45) is 3.51. The number of benzene rings is 1. The van der Waals surface area contributed by atoms with Gasteiger partial charge in [0, 0.05) is 44.6 Å². The highest BCUT2D eigenvalue weighted by Crippen LogP contribution is 2.29. The molecule has 1 aromatic heterocycles. The molecule has 12 heteroatoms. The zero-order valence-electron chi connectivity index (χ0n) is 19.6. The number of piperidine rings is 1. The molecule has 1 amide bonds. The zero-order chi connectivity index (χ0) is 25.5. The van der Waals surface area contributed by atoms with E-state index in [9.17, 15) is 18.8 Å². The van der Waals surface area contributed by atoms with E-state index in [1.807, 2.05) is 4.90 Å². The molecule has 1 fully saturated rings. The van der Waals surface area contributed by atoms with Crippen molar-refractivity contribution in [3.05, 3.63) is 40.7 Å². The third-order valence-corrected chi connectivity index (χ3v) is 6.77. The molecule has 0 spiro atoms. The Balaban J connectivity index is 1.51. The lowest BCUT2D eigenvalue weighted by Gasteiger charge is -2.33. The van der Waals surface area contributed by atoms with E-state index in [1.54, 1.807) is 11.9 Å². The number of nitrogens with zero attached hydrogens (tertiary/aromatic N) is 3. The molecule has 1 aromatic carbocycles. The fourth-order valence-corrected chi connectivity index (χ4v) is 4.55. The molecule has 1 aliphatic rings. The average Bonchev–Trinajstić information content (AvgIpc) is 3.35.